The lowest BCUT2D eigenvalue weighted by atomic mass is 10.3. The summed E-state index contributed by atoms with van der Waals surface area (Å²) in [5, 5.41) is 10.9. The molecule has 2 aromatic heterocycles. The molecule has 74 valence electrons. The van der Waals surface area contributed by atoms with Crippen LogP contribution in [0.15, 0.2) is 21.3 Å². The molecule has 2 rings (SSSR count). The Morgan fingerprint density at radius 1 is 1.57 bits per heavy atom. The summed E-state index contributed by atoms with van der Waals surface area (Å²) in [5.74, 6) is 1.28. The highest BCUT2D eigenvalue weighted by atomic mass is 32.1. The summed E-state index contributed by atoms with van der Waals surface area (Å²) in [7, 11) is 1.86. The van der Waals surface area contributed by atoms with Crippen LogP contribution in [0.1, 0.15) is 18.9 Å². The number of nitrogens with one attached hydrogen (secondary N) is 1. The van der Waals surface area contributed by atoms with Crippen molar-refractivity contribution >= 4 is 11.3 Å². The van der Waals surface area contributed by atoms with Crippen LogP contribution in [0.3, 0.4) is 0 Å². The van der Waals surface area contributed by atoms with Crippen molar-refractivity contribution in [2.45, 2.75) is 13.0 Å². The van der Waals surface area contributed by atoms with E-state index in [-0.39, 0.29) is 6.04 Å². The van der Waals surface area contributed by atoms with E-state index in [2.05, 4.69) is 15.5 Å². The number of rotatable bonds is 3. The van der Waals surface area contributed by atoms with Crippen molar-refractivity contribution in [3.8, 4) is 11.4 Å². The molecular weight excluding hydrogens is 198 g/mol. The fraction of sp³-hybridized carbons (Fsp3) is 0.333. The van der Waals surface area contributed by atoms with Crippen molar-refractivity contribution in [3.05, 3.63) is 22.7 Å². The first kappa shape index (κ1) is 9.36. The molecule has 0 amide bonds. The van der Waals surface area contributed by atoms with Gasteiger partial charge in [-0.05, 0) is 25.4 Å². The van der Waals surface area contributed by atoms with E-state index >= 15 is 0 Å². The molecule has 0 aromatic carbocycles. The van der Waals surface area contributed by atoms with E-state index in [1.165, 1.54) is 0 Å². The minimum atomic E-state index is 0.0925. The first-order chi connectivity index (χ1) is 6.81. The van der Waals surface area contributed by atoms with E-state index in [0.29, 0.717) is 11.7 Å². The molecule has 0 saturated carbocycles. The quantitative estimate of drug-likeness (QED) is 0.840. The van der Waals surface area contributed by atoms with Gasteiger partial charge in [-0.3, -0.25) is 0 Å². The molecule has 4 nitrogen and oxygen atoms in total. The van der Waals surface area contributed by atoms with Gasteiger partial charge in [0.1, 0.15) is 0 Å². The van der Waals surface area contributed by atoms with Gasteiger partial charge in [0.2, 0.25) is 11.7 Å². The van der Waals surface area contributed by atoms with Gasteiger partial charge < -0.3 is 9.84 Å². The van der Waals surface area contributed by atoms with E-state index < -0.39 is 0 Å². The van der Waals surface area contributed by atoms with Gasteiger partial charge in [-0.1, -0.05) is 5.16 Å². The number of thiophene rings is 1. The second-order valence-electron chi connectivity index (χ2n) is 2.98. The zero-order valence-corrected chi connectivity index (χ0v) is 8.84. The van der Waals surface area contributed by atoms with Gasteiger partial charge in [-0.25, -0.2) is 0 Å². The Labute approximate surface area is 86.0 Å². The maximum atomic E-state index is 5.12. The van der Waals surface area contributed by atoms with Crippen LogP contribution in [0.25, 0.3) is 11.4 Å². The molecule has 0 radical (unpaired) electrons. The van der Waals surface area contributed by atoms with Crippen LogP contribution in [0.2, 0.25) is 0 Å². The Balaban J connectivity index is 2.26. The van der Waals surface area contributed by atoms with Crippen LogP contribution in [0.4, 0.5) is 0 Å². The lowest BCUT2D eigenvalue weighted by Gasteiger charge is -2.01. The molecule has 1 N–H and O–H groups in total. The van der Waals surface area contributed by atoms with Crippen molar-refractivity contribution in [1.29, 1.82) is 0 Å². The molecule has 2 heterocycles. The fourth-order valence-corrected chi connectivity index (χ4v) is 1.68. The third kappa shape index (κ3) is 1.69. The molecule has 0 bridgehead atoms. The van der Waals surface area contributed by atoms with Crippen molar-refractivity contribution in [2.24, 2.45) is 0 Å². The van der Waals surface area contributed by atoms with E-state index in [0.717, 1.165) is 5.56 Å². The van der Waals surface area contributed by atoms with Gasteiger partial charge in [0.25, 0.3) is 0 Å². The van der Waals surface area contributed by atoms with Crippen molar-refractivity contribution in [3.63, 3.8) is 0 Å². The van der Waals surface area contributed by atoms with Gasteiger partial charge in [-0.2, -0.15) is 16.3 Å². The van der Waals surface area contributed by atoms with Crippen LogP contribution in [0, 0.1) is 0 Å². The molecule has 0 saturated heterocycles. The lowest BCUT2D eigenvalue weighted by Crippen LogP contribution is -2.12. The topological polar surface area (TPSA) is 51.0 Å². The average molecular weight is 209 g/mol. The predicted molar refractivity (Wildman–Crippen MR) is 55.1 cm³/mol. The smallest absolute Gasteiger partial charge is 0.243 e. The number of aromatic nitrogens is 2. The minimum absolute atomic E-state index is 0.0925. The second kappa shape index (κ2) is 3.89. The highest BCUT2D eigenvalue weighted by molar-refractivity contribution is 7.08. The Kier molecular flexibility index (Phi) is 2.60. The van der Waals surface area contributed by atoms with E-state index in [4.69, 9.17) is 4.52 Å². The van der Waals surface area contributed by atoms with E-state index in [1.54, 1.807) is 11.3 Å². The summed E-state index contributed by atoms with van der Waals surface area (Å²) in [6.07, 6.45) is 0. The van der Waals surface area contributed by atoms with Crippen LogP contribution in [-0.4, -0.2) is 17.2 Å². The summed E-state index contributed by atoms with van der Waals surface area (Å²) in [6, 6.07) is 2.07. The van der Waals surface area contributed by atoms with E-state index in [9.17, 15) is 0 Å². The molecular formula is C9H11N3OS. The normalized spacial score (nSPS) is 13.0. The third-order valence-corrected chi connectivity index (χ3v) is 2.71. The Morgan fingerprint density at radius 3 is 3.07 bits per heavy atom. The zero-order chi connectivity index (χ0) is 9.97. The maximum absolute atomic E-state index is 5.12. The van der Waals surface area contributed by atoms with Gasteiger partial charge in [0.05, 0.1) is 6.04 Å². The number of hydrogen-bond donors (Lipinski definition) is 1. The van der Waals surface area contributed by atoms with Gasteiger partial charge in [0, 0.05) is 10.9 Å². The first-order valence-corrected chi connectivity index (χ1v) is 5.29. The minimum Gasteiger partial charge on any atom is -0.337 e. The van der Waals surface area contributed by atoms with Gasteiger partial charge >= 0.3 is 0 Å². The Morgan fingerprint density at radius 2 is 2.43 bits per heavy atom. The molecule has 0 aliphatic heterocycles. The molecule has 5 heteroatoms. The molecule has 14 heavy (non-hydrogen) atoms. The first-order valence-electron chi connectivity index (χ1n) is 4.34. The molecule has 0 unspecified atom stereocenters. The molecule has 1 atom stereocenters. The van der Waals surface area contributed by atoms with Crippen LogP contribution >= 0.6 is 11.3 Å². The standard InChI is InChI=1S/C9H11N3OS/c1-6(10-2)9-11-8(12-13-9)7-3-4-14-5-7/h3-6,10H,1-2H3/t6-/m0/s1. The van der Waals surface area contributed by atoms with Gasteiger partial charge in [-0.15, -0.1) is 0 Å². The highest BCUT2D eigenvalue weighted by Crippen LogP contribution is 2.20. The highest BCUT2D eigenvalue weighted by Gasteiger charge is 2.13. The molecule has 0 fully saturated rings. The average Bonchev–Trinajstić information content (AvgIpc) is 2.86. The maximum Gasteiger partial charge on any atom is 0.243 e. The van der Waals surface area contributed by atoms with E-state index in [1.807, 2.05) is 30.8 Å². The van der Waals surface area contributed by atoms with Crippen LogP contribution < -0.4 is 5.32 Å². The monoisotopic (exact) mass is 209 g/mol. The summed E-state index contributed by atoms with van der Waals surface area (Å²) >= 11 is 1.62. The third-order valence-electron chi connectivity index (χ3n) is 2.02. The summed E-state index contributed by atoms with van der Waals surface area (Å²) in [6.45, 7) is 1.98. The zero-order valence-electron chi connectivity index (χ0n) is 8.02. The van der Waals surface area contributed by atoms with Crippen molar-refractivity contribution in [2.75, 3.05) is 7.05 Å². The summed E-state index contributed by atoms with van der Waals surface area (Å²) in [4.78, 5) is 4.29. The second-order valence-corrected chi connectivity index (χ2v) is 3.76. The number of nitrogens with zero attached hydrogens (tertiary/aromatic N) is 2. The molecule has 0 aliphatic carbocycles. The molecule has 0 aliphatic rings. The lowest BCUT2D eigenvalue weighted by molar-refractivity contribution is 0.347. The predicted octanol–water partition coefficient (Wildman–Crippen LogP) is 2.08. The number of hydrogen-bond acceptors (Lipinski definition) is 5. The molecule has 0 spiro atoms. The fourth-order valence-electron chi connectivity index (χ4n) is 1.04. The van der Waals surface area contributed by atoms with Crippen LogP contribution in [0.5, 0.6) is 0 Å². The van der Waals surface area contributed by atoms with Crippen molar-refractivity contribution < 1.29 is 4.52 Å². The van der Waals surface area contributed by atoms with Crippen molar-refractivity contribution in [1.82, 2.24) is 15.5 Å². The van der Waals surface area contributed by atoms with Gasteiger partial charge in [0.15, 0.2) is 0 Å². The van der Waals surface area contributed by atoms with Crippen LogP contribution in [-0.2, 0) is 0 Å². The SMILES string of the molecule is CN[C@@H](C)c1nc(-c2ccsc2)no1. The molecule has 2 aromatic rings. The largest absolute Gasteiger partial charge is 0.337 e. The Hall–Kier alpha value is -1.20. The Bertz CT molecular complexity index is 396. The summed E-state index contributed by atoms with van der Waals surface area (Å²) in [5.41, 5.74) is 1.01. The summed E-state index contributed by atoms with van der Waals surface area (Å²) < 4.78 is 5.12.